The van der Waals surface area contributed by atoms with E-state index in [4.69, 9.17) is 0 Å². The molecule has 0 aromatic carbocycles. The molecule has 1 fully saturated rings. The first-order chi connectivity index (χ1) is 7.95. The highest BCUT2D eigenvalue weighted by Crippen LogP contribution is 2.18. The summed E-state index contributed by atoms with van der Waals surface area (Å²) in [6, 6.07) is 0.454. The fourth-order valence-electron chi connectivity index (χ4n) is 2.09. The number of hydrogen-bond donors (Lipinski definition) is 2. The zero-order valence-corrected chi connectivity index (χ0v) is 11.9. The van der Waals surface area contributed by atoms with Gasteiger partial charge in [-0.3, -0.25) is 0 Å². The van der Waals surface area contributed by atoms with Crippen molar-refractivity contribution in [2.45, 2.75) is 39.7 Å². The number of nitrogens with zero attached hydrogens (tertiary/aromatic N) is 1. The van der Waals surface area contributed by atoms with Gasteiger partial charge in [0.05, 0.1) is 0 Å². The van der Waals surface area contributed by atoms with Crippen molar-refractivity contribution in [3.63, 3.8) is 0 Å². The second-order valence-electron chi connectivity index (χ2n) is 4.93. The molecule has 1 heterocycles. The van der Waals surface area contributed by atoms with Crippen molar-refractivity contribution >= 4 is 10.2 Å². The Hall–Kier alpha value is -0.170. The van der Waals surface area contributed by atoms with Gasteiger partial charge < -0.3 is 5.32 Å². The van der Waals surface area contributed by atoms with Gasteiger partial charge in [0, 0.05) is 25.7 Å². The van der Waals surface area contributed by atoms with E-state index >= 15 is 0 Å². The minimum Gasteiger partial charge on any atom is -0.314 e. The molecule has 5 nitrogen and oxygen atoms in total. The third-order valence-electron chi connectivity index (χ3n) is 2.96. The fourth-order valence-corrected chi connectivity index (χ4v) is 3.41. The molecule has 1 rings (SSSR count). The van der Waals surface area contributed by atoms with Gasteiger partial charge in [0.1, 0.15) is 0 Å². The molecule has 0 radical (unpaired) electrons. The largest absolute Gasteiger partial charge is 0.314 e. The van der Waals surface area contributed by atoms with Crippen LogP contribution in [0.1, 0.15) is 33.6 Å². The summed E-state index contributed by atoms with van der Waals surface area (Å²) in [5.41, 5.74) is 0. The molecule has 0 aliphatic carbocycles. The maximum Gasteiger partial charge on any atom is 0.279 e. The summed E-state index contributed by atoms with van der Waals surface area (Å²) in [6.45, 7) is 8.65. The molecule has 2 N–H and O–H groups in total. The van der Waals surface area contributed by atoms with Crippen LogP contribution in [0.5, 0.6) is 0 Å². The van der Waals surface area contributed by atoms with Gasteiger partial charge in [-0.1, -0.05) is 20.8 Å². The van der Waals surface area contributed by atoms with E-state index in [1.54, 1.807) is 11.2 Å². The van der Waals surface area contributed by atoms with Crippen LogP contribution in [0, 0.1) is 5.92 Å². The lowest BCUT2D eigenvalue weighted by molar-refractivity contribution is 0.254. The number of rotatable bonds is 6. The predicted octanol–water partition coefficient (Wildman–Crippen LogP) is 0.551. The molecular weight excluding hydrogens is 238 g/mol. The van der Waals surface area contributed by atoms with Crippen molar-refractivity contribution in [1.29, 1.82) is 0 Å². The summed E-state index contributed by atoms with van der Waals surface area (Å²) in [6.07, 6.45) is 2.06. The summed E-state index contributed by atoms with van der Waals surface area (Å²) in [5.74, 6) is 0.430. The molecule has 0 aromatic heterocycles. The van der Waals surface area contributed by atoms with Crippen LogP contribution >= 0.6 is 0 Å². The summed E-state index contributed by atoms with van der Waals surface area (Å²) in [5, 5.41) is 3.38. The van der Waals surface area contributed by atoms with Crippen molar-refractivity contribution in [1.82, 2.24) is 14.3 Å². The van der Waals surface area contributed by atoms with Gasteiger partial charge in [0.2, 0.25) is 0 Å². The monoisotopic (exact) mass is 263 g/mol. The number of nitrogens with one attached hydrogen (secondary N) is 2. The third kappa shape index (κ3) is 4.91. The van der Waals surface area contributed by atoms with E-state index in [9.17, 15) is 8.42 Å². The summed E-state index contributed by atoms with van der Waals surface area (Å²) in [4.78, 5) is 0. The number of hydrogen-bond acceptors (Lipinski definition) is 3. The molecule has 6 heteroatoms. The van der Waals surface area contributed by atoms with Gasteiger partial charge >= 0.3 is 0 Å². The second kappa shape index (κ2) is 6.68. The SMILES string of the molecule is CCNS(=O)(=O)N1CCCC(CNC(C)C)C1. The van der Waals surface area contributed by atoms with Gasteiger partial charge in [-0.25, -0.2) is 4.72 Å². The van der Waals surface area contributed by atoms with E-state index in [0.717, 1.165) is 19.4 Å². The zero-order chi connectivity index (χ0) is 12.9. The van der Waals surface area contributed by atoms with Crippen LogP contribution in [0.4, 0.5) is 0 Å². The van der Waals surface area contributed by atoms with Crippen LogP contribution in [-0.4, -0.2) is 44.9 Å². The first-order valence-electron chi connectivity index (χ1n) is 6.43. The Labute approximate surface area is 105 Å². The maximum atomic E-state index is 11.9. The van der Waals surface area contributed by atoms with E-state index in [0.29, 0.717) is 31.6 Å². The van der Waals surface area contributed by atoms with Crippen molar-refractivity contribution in [3.05, 3.63) is 0 Å². The van der Waals surface area contributed by atoms with Gasteiger partial charge in [-0.15, -0.1) is 0 Å². The molecule has 0 spiro atoms. The van der Waals surface area contributed by atoms with Gasteiger partial charge in [-0.05, 0) is 25.3 Å². The lowest BCUT2D eigenvalue weighted by Gasteiger charge is -2.32. The molecular formula is C11H25N3O2S. The summed E-state index contributed by atoms with van der Waals surface area (Å²) < 4.78 is 27.9. The first kappa shape index (κ1) is 14.9. The number of piperidine rings is 1. The van der Waals surface area contributed by atoms with Crippen LogP contribution in [0.3, 0.4) is 0 Å². The molecule has 1 saturated heterocycles. The lowest BCUT2D eigenvalue weighted by Crippen LogP contribution is -2.48. The second-order valence-corrected chi connectivity index (χ2v) is 6.69. The Morgan fingerprint density at radius 3 is 2.71 bits per heavy atom. The Morgan fingerprint density at radius 2 is 2.12 bits per heavy atom. The van der Waals surface area contributed by atoms with Gasteiger partial charge in [0.15, 0.2) is 0 Å². The first-order valence-corrected chi connectivity index (χ1v) is 7.87. The van der Waals surface area contributed by atoms with Crippen molar-refractivity contribution in [3.8, 4) is 0 Å². The molecule has 102 valence electrons. The Kier molecular flexibility index (Phi) is 5.85. The standard InChI is InChI=1S/C11H25N3O2S/c1-4-13-17(15,16)14-7-5-6-11(9-14)8-12-10(2)3/h10-13H,4-9H2,1-3H3. The van der Waals surface area contributed by atoms with E-state index in [2.05, 4.69) is 23.9 Å². The highest BCUT2D eigenvalue weighted by atomic mass is 32.2. The molecule has 1 atom stereocenters. The highest BCUT2D eigenvalue weighted by molar-refractivity contribution is 7.87. The van der Waals surface area contributed by atoms with E-state index in [-0.39, 0.29) is 0 Å². The normalized spacial score (nSPS) is 23.2. The zero-order valence-electron chi connectivity index (χ0n) is 11.1. The molecule has 17 heavy (non-hydrogen) atoms. The van der Waals surface area contributed by atoms with Crippen LogP contribution in [0.15, 0.2) is 0 Å². The molecule has 1 aliphatic rings. The van der Waals surface area contributed by atoms with E-state index < -0.39 is 10.2 Å². The average Bonchev–Trinajstić information content (AvgIpc) is 2.27. The lowest BCUT2D eigenvalue weighted by atomic mass is 9.99. The average molecular weight is 263 g/mol. The fraction of sp³-hybridized carbons (Fsp3) is 1.00. The van der Waals surface area contributed by atoms with E-state index in [1.807, 2.05) is 0 Å². The van der Waals surface area contributed by atoms with Crippen LogP contribution in [-0.2, 0) is 10.2 Å². The molecule has 1 aliphatic heterocycles. The predicted molar refractivity (Wildman–Crippen MR) is 70.0 cm³/mol. The highest BCUT2D eigenvalue weighted by Gasteiger charge is 2.27. The quantitative estimate of drug-likeness (QED) is 0.736. The van der Waals surface area contributed by atoms with Crippen LogP contribution in [0.25, 0.3) is 0 Å². The molecule has 0 amide bonds. The molecule has 0 saturated carbocycles. The third-order valence-corrected chi connectivity index (χ3v) is 4.63. The maximum absolute atomic E-state index is 11.9. The topological polar surface area (TPSA) is 61.4 Å². The Bertz CT molecular complexity index is 317. The van der Waals surface area contributed by atoms with Crippen LogP contribution in [0.2, 0.25) is 0 Å². The summed E-state index contributed by atoms with van der Waals surface area (Å²) >= 11 is 0. The summed E-state index contributed by atoms with van der Waals surface area (Å²) in [7, 11) is -3.25. The molecule has 1 unspecified atom stereocenters. The van der Waals surface area contributed by atoms with Gasteiger partial charge in [0.25, 0.3) is 10.2 Å². The minimum atomic E-state index is -3.25. The Balaban J connectivity index is 2.48. The molecule has 0 bridgehead atoms. The Morgan fingerprint density at radius 1 is 1.41 bits per heavy atom. The van der Waals surface area contributed by atoms with Gasteiger partial charge in [-0.2, -0.15) is 12.7 Å². The van der Waals surface area contributed by atoms with Crippen molar-refractivity contribution in [2.24, 2.45) is 5.92 Å². The van der Waals surface area contributed by atoms with E-state index in [1.165, 1.54) is 0 Å². The van der Waals surface area contributed by atoms with Crippen molar-refractivity contribution in [2.75, 3.05) is 26.2 Å². The smallest absolute Gasteiger partial charge is 0.279 e. The molecule has 0 aromatic rings. The van der Waals surface area contributed by atoms with Crippen molar-refractivity contribution < 1.29 is 8.42 Å². The van der Waals surface area contributed by atoms with Crippen LogP contribution < -0.4 is 10.0 Å². The minimum absolute atomic E-state index is 0.430.